The van der Waals surface area contributed by atoms with E-state index < -0.39 is 0 Å². The van der Waals surface area contributed by atoms with E-state index in [0.717, 1.165) is 35.1 Å². The fourth-order valence-corrected chi connectivity index (χ4v) is 2.59. The summed E-state index contributed by atoms with van der Waals surface area (Å²) in [5.74, 6) is 2.50. The van der Waals surface area contributed by atoms with Gasteiger partial charge >= 0.3 is 0 Å². The van der Waals surface area contributed by atoms with Crippen LogP contribution >= 0.6 is 11.6 Å². The molecule has 0 aliphatic heterocycles. The number of ether oxygens (including phenoxy) is 2. The molecule has 2 aromatic carbocycles. The predicted octanol–water partition coefficient (Wildman–Crippen LogP) is 5.33. The Hall–Kier alpha value is -1.41. The van der Waals surface area contributed by atoms with Crippen LogP contribution in [0.5, 0.6) is 11.5 Å². The second-order valence-corrected chi connectivity index (χ2v) is 5.68. The molecule has 0 radical (unpaired) electrons. The highest BCUT2D eigenvalue weighted by Gasteiger charge is 2.11. The highest BCUT2D eigenvalue weighted by Crippen LogP contribution is 2.34. The van der Waals surface area contributed by atoms with Crippen molar-refractivity contribution in [3.05, 3.63) is 35.9 Å². The Balaban J connectivity index is 2.35. The first kappa shape index (κ1) is 16.0. The van der Waals surface area contributed by atoms with Crippen molar-refractivity contribution in [3.63, 3.8) is 0 Å². The minimum Gasteiger partial charge on any atom is -0.493 e. The lowest BCUT2D eigenvalue weighted by molar-refractivity contribution is 0.212. The van der Waals surface area contributed by atoms with Gasteiger partial charge in [0.05, 0.1) is 12.7 Å². The van der Waals surface area contributed by atoms with Crippen LogP contribution in [0.1, 0.15) is 32.3 Å². The topological polar surface area (TPSA) is 18.5 Å². The highest BCUT2D eigenvalue weighted by molar-refractivity contribution is 6.17. The van der Waals surface area contributed by atoms with Crippen molar-refractivity contribution in [2.45, 2.75) is 39.7 Å². The molecule has 2 aromatic rings. The number of aryl methyl sites for hydroxylation is 1. The maximum Gasteiger partial charge on any atom is 0.127 e. The van der Waals surface area contributed by atoms with Gasteiger partial charge in [-0.2, -0.15) is 0 Å². The molecular weight excluding hydrogens is 284 g/mol. The number of hydrogen-bond donors (Lipinski definition) is 0. The second-order valence-electron chi connectivity index (χ2n) is 5.30. The fraction of sp³-hybridized carbons (Fsp3) is 0.444. The van der Waals surface area contributed by atoms with E-state index in [4.69, 9.17) is 21.1 Å². The molecule has 0 saturated heterocycles. The van der Waals surface area contributed by atoms with Gasteiger partial charge in [-0.1, -0.05) is 17.7 Å². The number of alkyl halides is 1. The van der Waals surface area contributed by atoms with Crippen LogP contribution in [-0.4, -0.2) is 18.6 Å². The summed E-state index contributed by atoms with van der Waals surface area (Å²) < 4.78 is 11.8. The Morgan fingerprint density at radius 3 is 2.57 bits per heavy atom. The van der Waals surface area contributed by atoms with Crippen molar-refractivity contribution in [3.8, 4) is 11.5 Å². The molecule has 21 heavy (non-hydrogen) atoms. The van der Waals surface area contributed by atoms with Gasteiger partial charge in [-0.3, -0.25) is 0 Å². The molecule has 0 aliphatic carbocycles. The van der Waals surface area contributed by atoms with Crippen molar-refractivity contribution in [2.24, 2.45) is 0 Å². The smallest absolute Gasteiger partial charge is 0.127 e. The Bertz CT molecular complexity index is 595. The van der Waals surface area contributed by atoms with Crippen LogP contribution in [0.4, 0.5) is 0 Å². The van der Waals surface area contributed by atoms with Gasteiger partial charge in [0.15, 0.2) is 0 Å². The normalized spacial score (nSPS) is 12.4. The summed E-state index contributed by atoms with van der Waals surface area (Å²) in [7, 11) is 0. The maximum atomic E-state index is 6.10. The van der Waals surface area contributed by atoms with Crippen LogP contribution in [-0.2, 0) is 0 Å². The fourth-order valence-electron chi connectivity index (χ4n) is 2.43. The van der Waals surface area contributed by atoms with Crippen molar-refractivity contribution < 1.29 is 9.47 Å². The molecule has 0 spiro atoms. The van der Waals surface area contributed by atoms with E-state index in [9.17, 15) is 0 Å². The molecule has 1 atom stereocenters. The first-order valence-electron chi connectivity index (χ1n) is 7.54. The monoisotopic (exact) mass is 306 g/mol. The largest absolute Gasteiger partial charge is 0.493 e. The molecule has 1 unspecified atom stereocenters. The van der Waals surface area contributed by atoms with E-state index in [1.165, 1.54) is 5.56 Å². The number of hydrogen-bond acceptors (Lipinski definition) is 2. The van der Waals surface area contributed by atoms with E-state index in [1.807, 2.05) is 19.1 Å². The van der Waals surface area contributed by atoms with Crippen LogP contribution in [0.3, 0.4) is 0 Å². The lowest BCUT2D eigenvalue weighted by Crippen LogP contribution is -2.12. The second kappa shape index (κ2) is 7.56. The van der Waals surface area contributed by atoms with Crippen LogP contribution in [0.2, 0.25) is 0 Å². The van der Waals surface area contributed by atoms with E-state index in [-0.39, 0.29) is 6.10 Å². The zero-order valence-electron chi connectivity index (χ0n) is 13.0. The molecule has 114 valence electrons. The number of fused-ring (bicyclic) bond motifs is 1. The third-order valence-electron chi connectivity index (χ3n) is 3.46. The average Bonchev–Trinajstić information content (AvgIpc) is 2.47. The van der Waals surface area contributed by atoms with Crippen LogP contribution < -0.4 is 9.47 Å². The van der Waals surface area contributed by atoms with Crippen LogP contribution in [0, 0.1) is 6.92 Å². The zero-order chi connectivity index (χ0) is 15.2. The van der Waals surface area contributed by atoms with Gasteiger partial charge in [0, 0.05) is 16.7 Å². The first-order valence-corrected chi connectivity index (χ1v) is 8.08. The Labute approximate surface area is 132 Å². The van der Waals surface area contributed by atoms with Gasteiger partial charge in [0.25, 0.3) is 0 Å². The number of rotatable bonds is 7. The quantitative estimate of drug-likeness (QED) is 0.643. The summed E-state index contributed by atoms with van der Waals surface area (Å²) in [4.78, 5) is 0. The third kappa shape index (κ3) is 4.04. The van der Waals surface area contributed by atoms with E-state index in [0.29, 0.717) is 12.5 Å². The molecule has 0 aromatic heterocycles. The highest BCUT2D eigenvalue weighted by atomic mass is 35.5. The summed E-state index contributed by atoms with van der Waals surface area (Å²) in [5, 5.41) is 2.21. The first-order chi connectivity index (χ1) is 10.2. The molecule has 2 rings (SSSR count). The van der Waals surface area contributed by atoms with E-state index >= 15 is 0 Å². The molecule has 3 heteroatoms. The third-order valence-corrected chi connectivity index (χ3v) is 3.73. The lowest BCUT2D eigenvalue weighted by atomic mass is 10.1. The molecular formula is C18H23ClO2. The van der Waals surface area contributed by atoms with Crippen molar-refractivity contribution in [2.75, 3.05) is 12.5 Å². The average molecular weight is 307 g/mol. The van der Waals surface area contributed by atoms with Gasteiger partial charge in [-0.05, 0) is 51.8 Å². The molecule has 0 N–H and O–H groups in total. The summed E-state index contributed by atoms with van der Waals surface area (Å²) >= 11 is 5.75. The van der Waals surface area contributed by atoms with Crippen molar-refractivity contribution in [1.29, 1.82) is 0 Å². The number of halogens is 1. The van der Waals surface area contributed by atoms with Crippen molar-refractivity contribution in [1.82, 2.24) is 0 Å². The Morgan fingerprint density at radius 1 is 1.10 bits per heavy atom. The minimum atomic E-state index is 0.158. The van der Waals surface area contributed by atoms with Gasteiger partial charge in [0.1, 0.15) is 11.5 Å². The van der Waals surface area contributed by atoms with Gasteiger partial charge in [-0.25, -0.2) is 0 Å². The Kier molecular flexibility index (Phi) is 5.75. The lowest BCUT2D eigenvalue weighted by Gasteiger charge is -2.17. The van der Waals surface area contributed by atoms with E-state index in [1.54, 1.807) is 0 Å². The summed E-state index contributed by atoms with van der Waals surface area (Å²) in [6, 6.07) is 10.4. The standard InChI is InChI=1S/C18H23ClO2/c1-4-20-17-9-10-18(21-14(3)6-5-11-19)16-12-13(2)7-8-15(16)17/h7-10,12,14H,4-6,11H2,1-3H3. The summed E-state index contributed by atoms with van der Waals surface area (Å²) in [5.41, 5.74) is 1.22. The Morgan fingerprint density at radius 2 is 1.86 bits per heavy atom. The molecule has 0 heterocycles. The molecule has 0 bridgehead atoms. The van der Waals surface area contributed by atoms with Crippen molar-refractivity contribution >= 4 is 22.4 Å². The van der Waals surface area contributed by atoms with E-state index in [2.05, 4.69) is 32.0 Å². The van der Waals surface area contributed by atoms with Gasteiger partial charge in [-0.15, -0.1) is 11.6 Å². The molecule has 0 saturated carbocycles. The minimum absolute atomic E-state index is 0.158. The molecule has 2 nitrogen and oxygen atoms in total. The number of benzene rings is 2. The molecule has 0 aliphatic rings. The SMILES string of the molecule is CCOc1ccc(OC(C)CCCCl)c2cc(C)ccc12. The molecule has 0 fully saturated rings. The molecule has 0 amide bonds. The van der Waals surface area contributed by atoms with Crippen LogP contribution in [0.15, 0.2) is 30.3 Å². The summed E-state index contributed by atoms with van der Waals surface area (Å²) in [6.07, 6.45) is 2.09. The maximum absolute atomic E-state index is 6.10. The van der Waals surface area contributed by atoms with Crippen LogP contribution in [0.25, 0.3) is 10.8 Å². The van der Waals surface area contributed by atoms with Gasteiger partial charge < -0.3 is 9.47 Å². The predicted molar refractivity (Wildman–Crippen MR) is 89.9 cm³/mol. The summed E-state index contributed by atoms with van der Waals surface area (Å²) in [6.45, 7) is 6.84. The zero-order valence-corrected chi connectivity index (χ0v) is 13.7. The van der Waals surface area contributed by atoms with Gasteiger partial charge in [0.2, 0.25) is 0 Å².